The van der Waals surface area contributed by atoms with Crippen LogP contribution in [0.3, 0.4) is 0 Å². The Hall–Kier alpha value is -1.30. The summed E-state index contributed by atoms with van der Waals surface area (Å²) in [4.78, 5) is 0. The second-order valence-corrected chi connectivity index (χ2v) is 3.47. The van der Waals surface area contributed by atoms with Crippen molar-refractivity contribution in [3.05, 3.63) is 53.6 Å². The molecule has 0 fully saturated rings. The summed E-state index contributed by atoms with van der Waals surface area (Å²) in [6.45, 7) is 3.75. The minimum Gasteiger partial charge on any atom is -0.103 e. The van der Waals surface area contributed by atoms with Gasteiger partial charge in [0.15, 0.2) is 0 Å². The molecule has 0 amide bonds. The molecule has 13 heavy (non-hydrogen) atoms. The van der Waals surface area contributed by atoms with Crippen LogP contribution in [0.1, 0.15) is 23.1 Å². The highest BCUT2D eigenvalue weighted by Gasteiger charge is 2.03. The van der Waals surface area contributed by atoms with Gasteiger partial charge in [-0.25, -0.2) is 0 Å². The van der Waals surface area contributed by atoms with E-state index >= 15 is 0 Å². The predicted octanol–water partition coefficient (Wildman–Crippen LogP) is 3.37. The molecular weight excluding hydrogens is 156 g/mol. The fourth-order valence-electron chi connectivity index (χ4n) is 1.78. The van der Waals surface area contributed by atoms with E-state index in [1.165, 1.54) is 29.5 Å². The van der Waals surface area contributed by atoms with Gasteiger partial charge in [0.05, 0.1) is 0 Å². The summed E-state index contributed by atoms with van der Waals surface area (Å²) < 4.78 is 0. The van der Waals surface area contributed by atoms with Gasteiger partial charge in [-0.05, 0) is 36.0 Å². The lowest BCUT2D eigenvalue weighted by molar-refractivity contribution is 0.979. The summed E-state index contributed by atoms with van der Waals surface area (Å²) in [7, 11) is 0. The van der Waals surface area contributed by atoms with Gasteiger partial charge in [0.25, 0.3) is 0 Å². The Bertz CT molecular complexity index is 345. The summed E-state index contributed by atoms with van der Waals surface area (Å²) >= 11 is 0. The zero-order chi connectivity index (χ0) is 9.10. The number of aryl methyl sites for hydroxylation is 1. The van der Waals surface area contributed by atoms with Crippen LogP contribution in [0.4, 0.5) is 0 Å². The van der Waals surface area contributed by atoms with Gasteiger partial charge < -0.3 is 0 Å². The van der Waals surface area contributed by atoms with Crippen molar-refractivity contribution >= 4 is 6.08 Å². The Morgan fingerprint density at radius 3 is 3.15 bits per heavy atom. The second kappa shape index (κ2) is 3.61. The highest BCUT2D eigenvalue weighted by Crippen LogP contribution is 2.20. The van der Waals surface area contributed by atoms with E-state index in [-0.39, 0.29) is 0 Å². The highest BCUT2D eigenvalue weighted by molar-refractivity contribution is 5.57. The van der Waals surface area contributed by atoms with Crippen molar-refractivity contribution in [1.82, 2.24) is 0 Å². The monoisotopic (exact) mass is 170 g/mol. The van der Waals surface area contributed by atoms with E-state index in [9.17, 15) is 0 Å². The van der Waals surface area contributed by atoms with Gasteiger partial charge in [-0.15, -0.1) is 6.58 Å². The van der Waals surface area contributed by atoms with Crippen LogP contribution in [0.15, 0.2) is 36.9 Å². The van der Waals surface area contributed by atoms with Gasteiger partial charge in [-0.3, -0.25) is 0 Å². The number of allylic oxidation sites excluding steroid dienone is 2. The molecule has 0 saturated heterocycles. The van der Waals surface area contributed by atoms with Crippen molar-refractivity contribution in [1.29, 1.82) is 0 Å². The Kier molecular flexibility index (Phi) is 2.31. The SMILES string of the molecule is C=CCc1ccc2c(c1)CCC=C2. The maximum absolute atomic E-state index is 3.75. The van der Waals surface area contributed by atoms with Crippen molar-refractivity contribution in [2.24, 2.45) is 0 Å². The summed E-state index contributed by atoms with van der Waals surface area (Å²) in [6, 6.07) is 6.71. The molecule has 0 spiro atoms. The molecule has 0 heterocycles. The van der Waals surface area contributed by atoms with E-state index in [1.807, 2.05) is 6.08 Å². The second-order valence-electron chi connectivity index (χ2n) is 3.47. The zero-order valence-corrected chi connectivity index (χ0v) is 7.79. The molecule has 0 bridgehead atoms. The fraction of sp³-hybridized carbons (Fsp3) is 0.231. The van der Waals surface area contributed by atoms with Gasteiger partial charge in [0.1, 0.15) is 0 Å². The van der Waals surface area contributed by atoms with Gasteiger partial charge in [0.2, 0.25) is 0 Å². The first-order chi connectivity index (χ1) is 6.40. The number of benzene rings is 1. The molecule has 2 rings (SSSR count). The molecule has 1 aliphatic carbocycles. The molecule has 0 heteroatoms. The van der Waals surface area contributed by atoms with Gasteiger partial charge in [-0.1, -0.05) is 36.4 Å². The smallest absolute Gasteiger partial charge is 0.0100 e. The minimum atomic E-state index is 0.983. The molecule has 0 aliphatic heterocycles. The third-order valence-corrected chi connectivity index (χ3v) is 2.47. The average Bonchev–Trinajstić information content (AvgIpc) is 2.18. The van der Waals surface area contributed by atoms with E-state index in [4.69, 9.17) is 0 Å². The third-order valence-electron chi connectivity index (χ3n) is 2.47. The Morgan fingerprint density at radius 1 is 1.38 bits per heavy atom. The summed E-state index contributed by atoms with van der Waals surface area (Å²) in [5, 5.41) is 0. The number of fused-ring (bicyclic) bond motifs is 1. The lowest BCUT2D eigenvalue weighted by Crippen LogP contribution is -1.95. The molecule has 0 unspecified atom stereocenters. The molecule has 0 saturated carbocycles. The Balaban J connectivity index is 2.36. The molecule has 0 atom stereocenters. The van der Waals surface area contributed by atoms with Gasteiger partial charge >= 0.3 is 0 Å². The van der Waals surface area contributed by atoms with E-state index < -0.39 is 0 Å². The van der Waals surface area contributed by atoms with Gasteiger partial charge in [0, 0.05) is 0 Å². The van der Waals surface area contributed by atoms with Crippen LogP contribution in [0.2, 0.25) is 0 Å². The normalized spacial score (nSPS) is 13.8. The molecule has 66 valence electrons. The Labute approximate surface area is 79.6 Å². The van der Waals surface area contributed by atoms with Crippen molar-refractivity contribution < 1.29 is 0 Å². The third kappa shape index (κ3) is 1.72. The zero-order valence-electron chi connectivity index (χ0n) is 7.79. The van der Waals surface area contributed by atoms with Crippen molar-refractivity contribution in [3.8, 4) is 0 Å². The standard InChI is InChI=1S/C13H14/c1-2-5-11-8-9-12-6-3-4-7-13(12)10-11/h2-3,6,8-10H,1,4-5,7H2. The average molecular weight is 170 g/mol. The van der Waals surface area contributed by atoms with Crippen molar-refractivity contribution in [2.45, 2.75) is 19.3 Å². The van der Waals surface area contributed by atoms with Crippen LogP contribution in [0.5, 0.6) is 0 Å². The van der Waals surface area contributed by atoms with Crippen molar-refractivity contribution in [3.63, 3.8) is 0 Å². The highest BCUT2D eigenvalue weighted by atomic mass is 14.1. The fourth-order valence-corrected chi connectivity index (χ4v) is 1.78. The van der Waals surface area contributed by atoms with E-state index in [1.54, 1.807) is 0 Å². The molecule has 1 aromatic carbocycles. The predicted molar refractivity (Wildman–Crippen MR) is 57.7 cm³/mol. The summed E-state index contributed by atoms with van der Waals surface area (Å²) in [6.07, 6.45) is 9.78. The van der Waals surface area contributed by atoms with Crippen LogP contribution in [0, 0.1) is 0 Å². The van der Waals surface area contributed by atoms with Crippen LogP contribution < -0.4 is 0 Å². The molecule has 1 aromatic rings. The number of rotatable bonds is 2. The molecule has 0 nitrogen and oxygen atoms in total. The van der Waals surface area contributed by atoms with Crippen LogP contribution in [-0.2, 0) is 12.8 Å². The van der Waals surface area contributed by atoms with E-state index in [0.29, 0.717) is 0 Å². The summed E-state index contributed by atoms with van der Waals surface area (Å²) in [5.74, 6) is 0. The minimum absolute atomic E-state index is 0.983. The van der Waals surface area contributed by atoms with E-state index in [2.05, 4.69) is 36.9 Å². The van der Waals surface area contributed by atoms with Crippen molar-refractivity contribution in [2.75, 3.05) is 0 Å². The van der Waals surface area contributed by atoms with Crippen LogP contribution in [0.25, 0.3) is 6.08 Å². The number of hydrogen-bond acceptors (Lipinski definition) is 0. The molecule has 0 N–H and O–H groups in total. The molecule has 0 aromatic heterocycles. The lowest BCUT2D eigenvalue weighted by Gasteiger charge is -2.11. The first-order valence-corrected chi connectivity index (χ1v) is 4.79. The lowest BCUT2D eigenvalue weighted by atomic mass is 9.95. The maximum Gasteiger partial charge on any atom is -0.0100 e. The maximum atomic E-state index is 3.75. The van der Waals surface area contributed by atoms with Gasteiger partial charge in [-0.2, -0.15) is 0 Å². The van der Waals surface area contributed by atoms with E-state index in [0.717, 1.165) is 6.42 Å². The quantitative estimate of drug-likeness (QED) is 0.597. The largest absolute Gasteiger partial charge is 0.103 e. The Morgan fingerprint density at radius 2 is 2.31 bits per heavy atom. The van der Waals surface area contributed by atoms with Crippen LogP contribution >= 0.6 is 0 Å². The topological polar surface area (TPSA) is 0 Å². The summed E-state index contributed by atoms with van der Waals surface area (Å²) in [5.41, 5.74) is 4.25. The molecular formula is C13H14. The molecule has 1 aliphatic rings. The number of hydrogen-bond donors (Lipinski definition) is 0. The molecule has 0 radical (unpaired) electrons. The first kappa shape index (κ1) is 8.31. The first-order valence-electron chi connectivity index (χ1n) is 4.79. The van der Waals surface area contributed by atoms with Crippen LogP contribution in [-0.4, -0.2) is 0 Å².